The van der Waals surface area contributed by atoms with Crippen molar-refractivity contribution in [2.75, 3.05) is 0 Å². The van der Waals surface area contributed by atoms with Gasteiger partial charge in [-0.15, -0.1) is 0 Å². The number of pyridine rings is 1. The summed E-state index contributed by atoms with van der Waals surface area (Å²) in [6, 6.07) is 65.6. The van der Waals surface area contributed by atoms with Crippen LogP contribution in [-0.2, 0) is 0 Å². The van der Waals surface area contributed by atoms with Crippen LogP contribution in [0.15, 0.2) is 193 Å². The molecule has 0 radical (unpaired) electrons. The van der Waals surface area contributed by atoms with Crippen molar-refractivity contribution in [3.63, 3.8) is 0 Å². The van der Waals surface area contributed by atoms with Gasteiger partial charge in [-0.1, -0.05) is 121 Å². The number of nitrogens with zero attached hydrogens (tertiary/aromatic N) is 3. The highest BCUT2D eigenvalue weighted by Crippen LogP contribution is 2.41. The zero-order chi connectivity index (χ0) is 35.0. The van der Waals surface area contributed by atoms with Gasteiger partial charge < -0.3 is 9.13 Å². The average Bonchev–Trinajstić information content (AvgIpc) is 3.73. The highest BCUT2D eigenvalue weighted by atomic mass is 16.1. The van der Waals surface area contributed by atoms with Crippen molar-refractivity contribution in [3.8, 4) is 28.2 Å². The first kappa shape index (κ1) is 29.5. The standard InChI is InChI=1S/C49H31N3O/c53-49-42-30-46-39(36-23-11-14-26-44(36)50(46)33-18-6-2-7-19-33)28-38(42)41-29-40-37-24-12-15-27-45(37)51(34-20-8-3-9-21-34)47(40)31-48(41)52(49)43-25-13-10-22-35(43)32-16-4-1-5-17-32/h1-31H. The molecule has 3 heterocycles. The highest BCUT2D eigenvalue weighted by molar-refractivity contribution is 6.21. The lowest BCUT2D eigenvalue weighted by atomic mass is 9.99. The Hall–Kier alpha value is -7.17. The monoisotopic (exact) mass is 677 g/mol. The van der Waals surface area contributed by atoms with Gasteiger partial charge in [-0.05, 0) is 77.7 Å². The van der Waals surface area contributed by atoms with Crippen LogP contribution in [-0.4, -0.2) is 13.7 Å². The summed E-state index contributed by atoms with van der Waals surface area (Å²) >= 11 is 0. The van der Waals surface area contributed by atoms with Crippen LogP contribution < -0.4 is 5.56 Å². The van der Waals surface area contributed by atoms with Gasteiger partial charge in [0.05, 0.1) is 38.7 Å². The molecule has 0 N–H and O–H groups in total. The fraction of sp³-hybridized carbons (Fsp3) is 0. The van der Waals surface area contributed by atoms with Crippen molar-refractivity contribution in [1.82, 2.24) is 13.7 Å². The van der Waals surface area contributed by atoms with Gasteiger partial charge in [0.25, 0.3) is 5.56 Å². The van der Waals surface area contributed by atoms with E-state index in [-0.39, 0.29) is 5.56 Å². The molecule has 0 aliphatic carbocycles. The van der Waals surface area contributed by atoms with Crippen LogP contribution in [0.3, 0.4) is 0 Å². The Labute approximate surface area is 304 Å². The number of benzene rings is 8. The van der Waals surface area contributed by atoms with Crippen LogP contribution in [0.25, 0.3) is 93.5 Å². The summed E-state index contributed by atoms with van der Waals surface area (Å²) in [7, 11) is 0. The van der Waals surface area contributed by atoms with Crippen LogP contribution in [0.2, 0.25) is 0 Å². The summed E-state index contributed by atoms with van der Waals surface area (Å²) in [6.07, 6.45) is 0. The number of rotatable bonds is 4. The lowest BCUT2D eigenvalue weighted by molar-refractivity contribution is 1.06. The van der Waals surface area contributed by atoms with Gasteiger partial charge in [-0.2, -0.15) is 0 Å². The third-order valence-corrected chi connectivity index (χ3v) is 10.8. The van der Waals surface area contributed by atoms with Gasteiger partial charge in [0.1, 0.15) is 0 Å². The maximum absolute atomic E-state index is 15.4. The molecule has 0 atom stereocenters. The van der Waals surface area contributed by atoms with Crippen molar-refractivity contribution >= 4 is 65.3 Å². The van der Waals surface area contributed by atoms with E-state index < -0.39 is 0 Å². The molecule has 0 saturated carbocycles. The van der Waals surface area contributed by atoms with E-state index >= 15 is 4.79 Å². The molecule has 0 amide bonds. The summed E-state index contributed by atoms with van der Waals surface area (Å²) in [6.45, 7) is 0. The van der Waals surface area contributed by atoms with Gasteiger partial charge in [0, 0.05) is 43.9 Å². The molecule has 0 spiro atoms. The lowest BCUT2D eigenvalue weighted by Crippen LogP contribution is -2.20. The van der Waals surface area contributed by atoms with Crippen molar-refractivity contribution < 1.29 is 0 Å². The summed E-state index contributed by atoms with van der Waals surface area (Å²) in [5, 5.41) is 7.24. The SMILES string of the molecule is O=c1c2cc3c(cc2c2cc4c5ccccc5n(-c5ccccc5)c4cc2n1-c1ccccc1-c1ccccc1)c1ccccc1n3-c1ccccc1. The van der Waals surface area contributed by atoms with Crippen molar-refractivity contribution in [2.24, 2.45) is 0 Å². The van der Waals surface area contributed by atoms with Crippen molar-refractivity contribution in [2.45, 2.75) is 0 Å². The van der Waals surface area contributed by atoms with Gasteiger partial charge in [-0.3, -0.25) is 9.36 Å². The third-order valence-electron chi connectivity index (χ3n) is 10.8. The maximum atomic E-state index is 15.4. The Morgan fingerprint density at radius 2 is 0.755 bits per heavy atom. The summed E-state index contributed by atoms with van der Waals surface area (Å²) < 4.78 is 6.56. The molecule has 0 fully saturated rings. The fourth-order valence-corrected chi connectivity index (χ4v) is 8.53. The zero-order valence-corrected chi connectivity index (χ0v) is 28.6. The maximum Gasteiger partial charge on any atom is 0.263 e. The van der Waals surface area contributed by atoms with Crippen LogP contribution in [0, 0.1) is 0 Å². The van der Waals surface area contributed by atoms with Crippen LogP contribution >= 0.6 is 0 Å². The molecule has 248 valence electrons. The number of fused-ring (bicyclic) bond motifs is 9. The number of hydrogen-bond donors (Lipinski definition) is 0. The Bertz CT molecular complexity index is 3280. The molecule has 8 aromatic carbocycles. The second-order valence-corrected chi connectivity index (χ2v) is 13.7. The Balaban J connectivity index is 1.36. The minimum Gasteiger partial charge on any atom is -0.309 e. The lowest BCUT2D eigenvalue weighted by Gasteiger charge is -2.18. The fourth-order valence-electron chi connectivity index (χ4n) is 8.53. The second kappa shape index (κ2) is 11.4. The van der Waals surface area contributed by atoms with Gasteiger partial charge in [0.15, 0.2) is 0 Å². The van der Waals surface area contributed by atoms with E-state index in [9.17, 15) is 0 Å². The number of aromatic nitrogens is 3. The Kier molecular flexibility index (Phi) is 6.37. The molecule has 0 unspecified atom stereocenters. The molecule has 0 saturated heterocycles. The molecule has 4 heteroatoms. The predicted octanol–water partition coefficient (Wildman–Crippen LogP) is 12.0. The smallest absolute Gasteiger partial charge is 0.263 e. The number of hydrogen-bond acceptors (Lipinski definition) is 1. The summed E-state index contributed by atoms with van der Waals surface area (Å²) in [5.74, 6) is 0. The molecular weight excluding hydrogens is 647 g/mol. The highest BCUT2D eigenvalue weighted by Gasteiger charge is 2.22. The van der Waals surface area contributed by atoms with Crippen molar-refractivity contribution in [1.29, 1.82) is 0 Å². The quantitative estimate of drug-likeness (QED) is 0.171. The molecule has 53 heavy (non-hydrogen) atoms. The first-order chi connectivity index (χ1) is 26.2. The van der Waals surface area contributed by atoms with Gasteiger partial charge in [-0.25, -0.2) is 0 Å². The van der Waals surface area contributed by atoms with Crippen LogP contribution in [0.4, 0.5) is 0 Å². The first-order valence-electron chi connectivity index (χ1n) is 18.0. The van der Waals surface area contributed by atoms with Gasteiger partial charge >= 0.3 is 0 Å². The van der Waals surface area contributed by atoms with Gasteiger partial charge in [0.2, 0.25) is 0 Å². The molecule has 4 nitrogen and oxygen atoms in total. The topological polar surface area (TPSA) is 31.9 Å². The third kappa shape index (κ3) is 4.33. The van der Waals surface area contributed by atoms with E-state index in [2.05, 4.69) is 155 Å². The zero-order valence-electron chi connectivity index (χ0n) is 28.6. The first-order valence-corrected chi connectivity index (χ1v) is 18.0. The van der Waals surface area contributed by atoms with Crippen LogP contribution in [0.5, 0.6) is 0 Å². The van der Waals surface area contributed by atoms with E-state index in [4.69, 9.17) is 0 Å². The largest absolute Gasteiger partial charge is 0.309 e. The Morgan fingerprint density at radius 1 is 0.302 bits per heavy atom. The average molecular weight is 678 g/mol. The molecular formula is C49H31N3O. The van der Waals surface area contributed by atoms with E-state index in [1.807, 2.05) is 47.0 Å². The minimum absolute atomic E-state index is 0.0515. The predicted molar refractivity (Wildman–Crippen MR) is 221 cm³/mol. The second-order valence-electron chi connectivity index (χ2n) is 13.7. The normalized spacial score (nSPS) is 11.8. The van der Waals surface area contributed by atoms with E-state index in [1.165, 1.54) is 5.39 Å². The molecule has 0 bridgehead atoms. The Morgan fingerprint density at radius 3 is 1.38 bits per heavy atom. The van der Waals surface area contributed by atoms with E-state index in [0.717, 1.165) is 82.7 Å². The summed E-state index contributed by atoms with van der Waals surface area (Å²) in [5.41, 5.74) is 10.1. The molecule has 0 aliphatic rings. The molecule has 3 aromatic heterocycles. The molecule has 0 aliphatic heterocycles. The number of para-hydroxylation sites is 5. The molecule has 11 aromatic rings. The molecule has 11 rings (SSSR count). The van der Waals surface area contributed by atoms with E-state index in [1.54, 1.807) is 0 Å². The minimum atomic E-state index is -0.0515. The van der Waals surface area contributed by atoms with E-state index in [0.29, 0.717) is 5.39 Å². The van der Waals surface area contributed by atoms with Crippen LogP contribution in [0.1, 0.15) is 0 Å². The van der Waals surface area contributed by atoms with Crippen molar-refractivity contribution in [3.05, 3.63) is 198 Å². The summed E-state index contributed by atoms with van der Waals surface area (Å²) in [4.78, 5) is 15.4.